The molecule has 1 heterocycles. The van der Waals surface area contributed by atoms with Gasteiger partial charge < -0.3 is 9.72 Å². The fourth-order valence-electron chi connectivity index (χ4n) is 2.08. The van der Waals surface area contributed by atoms with Crippen LogP contribution in [0.1, 0.15) is 24.5 Å². The highest BCUT2D eigenvalue weighted by molar-refractivity contribution is 9.10. The standard InChI is InChI=1S/C14H12Br2N2OS/c1-19-10-5-4-8(6-9(10)15)13-17-12(7-2-3-7)11(16)14(20)18-13/h4-7H,2-3H2,1H3,(H,17,18,20). The van der Waals surface area contributed by atoms with Gasteiger partial charge in [-0.2, -0.15) is 0 Å². The number of rotatable bonds is 3. The van der Waals surface area contributed by atoms with Crippen molar-refractivity contribution in [3.05, 3.63) is 37.5 Å². The van der Waals surface area contributed by atoms with Gasteiger partial charge in [0.05, 0.1) is 16.1 Å². The largest absolute Gasteiger partial charge is 0.496 e. The number of methoxy groups -OCH3 is 1. The summed E-state index contributed by atoms with van der Waals surface area (Å²) < 4.78 is 7.67. The molecular formula is C14H12Br2N2OS. The molecule has 1 aliphatic rings. The Hall–Kier alpha value is -0.720. The SMILES string of the molecule is COc1ccc(-c2nc(=S)c(Br)c(C3CC3)[nH]2)cc1Br. The van der Waals surface area contributed by atoms with Gasteiger partial charge in [-0.25, -0.2) is 4.98 Å². The summed E-state index contributed by atoms with van der Waals surface area (Å²) in [5.41, 5.74) is 2.14. The summed E-state index contributed by atoms with van der Waals surface area (Å²) in [5, 5.41) is 0. The van der Waals surface area contributed by atoms with Gasteiger partial charge in [-0.05, 0) is 62.9 Å². The summed E-state index contributed by atoms with van der Waals surface area (Å²) in [5.74, 6) is 2.17. The van der Waals surface area contributed by atoms with Crippen LogP contribution < -0.4 is 4.74 Å². The zero-order chi connectivity index (χ0) is 14.3. The lowest BCUT2D eigenvalue weighted by molar-refractivity contribution is 0.412. The van der Waals surface area contributed by atoms with E-state index in [4.69, 9.17) is 17.0 Å². The van der Waals surface area contributed by atoms with E-state index in [1.165, 1.54) is 12.8 Å². The number of nitrogens with zero attached hydrogens (tertiary/aromatic N) is 1. The van der Waals surface area contributed by atoms with Crippen LogP contribution in [0.3, 0.4) is 0 Å². The number of hydrogen-bond acceptors (Lipinski definition) is 3. The van der Waals surface area contributed by atoms with E-state index >= 15 is 0 Å². The molecule has 0 amide bonds. The molecule has 1 aliphatic carbocycles. The second kappa shape index (κ2) is 5.58. The van der Waals surface area contributed by atoms with Crippen LogP contribution in [0.2, 0.25) is 0 Å². The highest BCUT2D eigenvalue weighted by Gasteiger charge is 2.27. The molecule has 0 radical (unpaired) electrons. The average Bonchev–Trinajstić information content (AvgIpc) is 3.26. The quantitative estimate of drug-likeness (QED) is 0.698. The molecule has 1 aromatic carbocycles. The van der Waals surface area contributed by atoms with E-state index in [1.54, 1.807) is 7.11 Å². The Bertz CT molecular complexity index is 726. The summed E-state index contributed by atoms with van der Waals surface area (Å²) in [6.45, 7) is 0. The van der Waals surface area contributed by atoms with Gasteiger partial charge in [-0.3, -0.25) is 0 Å². The zero-order valence-electron chi connectivity index (χ0n) is 10.7. The van der Waals surface area contributed by atoms with E-state index < -0.39 is 0 Å². The van der Waals surface area contributed by atoms with Crippen LogP contribution in [0.15, 0.2) is 27.1 Å². The Morgan fingerprint density at radius 1 is 1.35 bits per heavy atom. The van der Waals surface area contributed by atoms with Gasteiger partial charge in [-0.1, -0.05) is 12.2 Å². The zero-order valence-corrected chi connectivity index (χ0v) is 14.7. The topological polar surface area (TPSA) is 37.9 Å². The highest BCUT2D eigenvalue weighted by Crippen LogP contribution is 2.43. The molecule has 0 unspecified atom stereocenters. The maximum atomic E-state index is 5.34. The van der Waals surface area contributed by atoms with Crippen molar-refractivity contribution in [2.24, 2.45) is 0 Å². The number of H-pyrrole nitrogens is 1. The number of hydrogen-bond donors (Lipinski definition) is 1. The van der Waals surface area contributed by atoms with Crippen molar-refractivity contribution in [1.82, 2.24) is 9.97 Å². The maximum absolute atomic E-state index is 5.34. The van der Waals surface area contributed by atoms with E-state index in [-0.39, 0.29) is 0 Å². The van der Waals surface area contributed by atoms with Crippen molar-refractivity contribution in [3.63, 3.8) is 0 Å². The lowest BCUT2D eigenvalue weighted by Gasteiger charge is -2.09. The molecule has 20 heavy (non-hydrogen) atoms. The summed E-state index contributed by atoms with van der Waals surface area (Å²) >= 11 is 12.4. The van der Waals surface area contributed by atoms with Crippen molar-refractivity contribution in [3.8, 4) is 17.1 Å². The molecule has 6 heteroatoms. The van der Waals surface area contributed by atoms with Crippen molar-refractivity contribution in [2.75, 3.05) is 7.11 Å². The third-order valence-electron chi connectivity index (χ3n) is 3.30. The van der Waals surface area contributed by atoms with Crippen molar-refractivity contribution < 1.29 is 4.74 Å². The molecule has 3 rings (SSSR count). The van der Waals surface area contributed by atoms with Gasteiger partial charge in [-0.15, -0.1) is 0 Å². The Balaban J connectivity index is 2.10. The molecule has 3 nitrogen and oxygen atoms in total. The van der Waals surface area contributed by atoms with E-state index in [0.29, 0.717) is 10.6 Å². The van der Waals surface area contributed by atoms with Gasteiger partial charge in [0, 0.05) is 17.2 Å². The third-order valence-corrected chi connectivity index (χ3v) is 5.28. The number of nitrogens with one attached hydrogen (secondary N) is 1. The van der Waals surface area contributed by atoms with Gasteiger partial charge in [0.25, 0.3) is 0 Å². The molecule has 1 N–H and O–H groups in total. The van der Waals surface area contributed by atoms with Crippen LogP contribution in [0.4, 0.5) is 0 Å². The fourth-order valence-corrected chi connectivity index (χ4v) is 3.33. The second-order valence-electron chi connectivity index (χ2n) is 4.74. The van der Waals surface area contributed by atoms with E-state index in [0.717, 1.165) is 31.8 Å². The first-order valence-corrected chi connectivity index (χ1v) is 8.23. The Kier molecular flexibility index (Phi) is 3.97. The fraction of sp³-hybridized carbons (Fsp3) is 0.286. The number of halogens is 2. The summed E-state index contributed by atoms with van der Waals surface area (Å²) in [6, 6.07) is 5.87. The Labute approximate surface area is 139 Å². The van der Waals surface area contributed by atoms with Gasteiger partial charge in [0.15, 0.2) is 0 Å². The minimum absolute atomic E-state index is 0.578. The van der Waals surface area contributed by atoms with E-state index in [1.807, 2.05) is 18.2 Å². The van der Waals surface area contributed by atoms with Gasteiger partial charge in [0.1, 0.15) is 16.2 Å². The van der Waals surface area contributed by atoms with Crippen LogP contribution in [-0.4, -0.2) is 17.1 Å². The average molecular weight is 416 g/mol. The summed E-state index contributed by atoms with van der Waals surface area (Å²) in [7, 11) is 1.65. The Morgan fingerprint density at radius 2 is 2.10 bits per heavy atom. The Morgan fingerprint density at radius 3 is 2.70 bits per heavy atom. The van der Waals surface area contributed by atoms with Crippen LogP contribution >= 0.6 is 44.1 Å². The monoisotopic (exact) mass is 414 g/mol. The minimum atomic E-state index is 0.578. The summed E-state index contributed by atoms with van der Waals surface area (Å²) in [6.07, 6.45) is 2.42. The van der Waals surface area contributed by atoms with Crippen LogP contribution in [0.25, 0.3) is 11.4 Å². The first-order valence-electron chi connectivity index (χ1n) is 6.23. The van der Waals surface area contributed by atoms with Crippen LogP contribution in [-0.2, 0) is 0 Å². The predicted octanol–water partition coefficient (Wildman–Crippen LogP) is 5.22. The molecule has 0 bridgehead atoms. The first kappa shape index (κ1) is 14.2. The smallest absolute Gasteiger partial charge is 0.144 e. The molecule has 104 valence electrons. The van der Waals surface area contributed by atoms with Gasteiger partial charge in [0.2, 0.25) is 0 Å². The molecule has 2 aromatic rings. The van der Waals surface area contributed by atoms with E-state index in [9.17, 15) is 0 Å². The number of aromatic amines is 1. The van der Waals surface area contributed by atoms with Crippen molar-refractivity contribution in [1.29, 1.82) is 0 Å². The summed E-state index contributed by atoms with van der Waals surface area (Å²) in [4.78, 5) is 7.87. The molecule has 1 fully saturated rings. The second-order valence-corrected chi connectivity index (χ2v) is 6.78. The predicted molar refractivity (Wildman–Crippen MR) is 88.8 cm³/mol. The molecule has 0 atom stereocenters. The maximum Gasteiger partial charge on any atom is 0.144 e. The van der Waals surface area contributed by atoms with E-state index in [2.05, 4.69) is 41.8 Å². The molecule has 1 saturated carbocycles. The van der Waals surface area contributed by atoms with Crippen molar-refractivity contribution >= 4 is 44.1 Å². The number of aromatic nitrogens is 2. The molecule has 0 aliphatic heterocycles. The van der Waals surface area contributed by atoms with Gasteiger partial charge >= 0.3 is 0 Å². The highest BCUT2D eigenvalue weighted by atomic mass is 79.9. The molecular weight excluding hydrogens is 404 g/mol. The van der Waals surface area contributed by atoms with Crippen molar-refractivity contribution in [2.45, 2.75) is 18.8 Å². The molecule has 1 aromatic heterocycles. The van der Waals surface area contributed by atoms with Crippen LogP contribution in [0.5, 0.6) is 5.75 Å². The first-order chi connectivity index (χ1) is 9.60. The lowest BCUT2D eigenvalue weighted by Crippen LogP contribution is -1.97. The molecule has 0 spiro atoms. The lowest BCUT2D eigenvalue weighted by atomic mass is 10.2. The molecule has 0 saturated heterocycles. The normalized spacial score (nSPS) is 14.3. The number of ether oxygens (including phenoxy) is 1. The van der Waals surface area contributed by atoms with Crippen LogP contribution in [0, 0.1) is 4.64 Å². The number of benzene rings is 1. The third kappa shape index (κ3) is 2.69. The minimum Gasteiger partial charge on any atom is -0.496 e.